The standard InChI is InChI=1S/C76H121ClF4N12O14/c1-12-47(5)64-72(103)86(7)45-63(96)87(8)56-22-15-14-18-33-92(71(56)102)60(40-49-23-27-51(78)28-24-49)69(100)85(6)44-61(94)82-55(30-26-48-25-29-53(54(77)39-48)76(79,80)81)68(99)93-43-52(107-13-2)41-58(93)67(98)84-75(31-19-32-75)74(105)90(11)65(50-20-16-17-21-50)73(104)89(10)59(70(101)91-34-36-106-37-35-91)42-62(95)88(9)57(38-46(3)4)66(97)83-64/h46-60,64-65H,12-45H2,1-11H3,(H,82,94)(H,83,97)(H,84,98)/t47-,48?,49?,51?,52+,53?,54?,55-,56-,57-,58-,59-,60-,64-,65-/m0/s1. The maximum absolute atomic E-state index is 15.8. The van der Waals surface area contributed by atoms with E-state index in [0.29, 0.717) is 57.8 Å². The fraction of sp³-hybridized carbons (Fsp3) is 0.842. The number of amides is 12. The lowest BCUT2D eigenvalue weighted by atomic mass is 9.74. The molecule has 0 aromatic carbocycles. The molecule has 13 atom stereocenters. The van der Waals surface area contributed by atoms with Gasteiger partial charge in [-0.3, -0.25) is 57.5 Å². The summed E-state index contributed by atoms with van der Waals surface area (Å²) in [5.41, 5.74) is -1.60. The van der Waals surface area contributed by atoms with Crippen LogP contribution in [0.2, 0.25) is 0 Å². The van der Waals surface area contributed by atoms with Gasteiger partial charge in [0.2, 0.25) is 70.9 Å². The van der Waals surface area contributed by atoms with E-state index in [1.165, 1.54) is 81.5 Å². The first-order valence-corrected chi connectivity index (χ1v) is 40.0. The average Bonchev–Trinajstić information content (AvgIpc) is 1.75. The Morgan fingerprint density at radius 2 is 1.28 bits per heavy atom. The second-order valence-corrected chi connectivity index (χ2v) is 33.0. The predicted molar refractivity (Wildman–Crippen MR) is 390 cm³/mol. The molecular formula is C76H121ClF4N12O14. The molecule has 4 heterocycles. The van der Waals surface area contributed by atoms with E-state index < -0.39 is 192 Å². The van der Waals surface area contributed by atoms with Crippen molar-refractivity contribution in [1.29, 1.82) is 0 Å². The van der Waals surface area contributed by atoms with Gasteiger partial charge in [0.05, 0.1) is 44.7 Å². The summed E-state index contributed by atoms with van der Waals surface area (Å²) in [6, 6.07) is -10.3. The van der Waals surface area contributed by atoms with Gasteiger partial charge in [-0.25, -0.2) is 4.39 Å². The molecule has 12 amide bonds. The Morgan fingerprint density at radius 3 is 1.89 bits per heavy atom. The molecule has 0 radical (unpaired) electrons. The van der Waals surface area contributed by atoms with Crippen LogP contribution in [0.25, 0.3) is 0 Å². The number of fused-ring (bicyclic) bond motifs is 3. The van der Waals surface area contributed by atoms with E-state index in [1.54, 1.807) is 13.8 Å². The number of carbonyl (C=O) groups excluding carboxylic acids is 12. The predicted octanol–water partition coefficient (Wildman–Crippen LogP) is 5.83. The third-order valence-electron chi connectivity index (χ3n) is 24.6. The Labute approximate surface area is 634 Å². The lowest BCUT2D eigenvalue weighted by Gasteiger charge is -2.47. The first-order chi connectivity index (χ1) is 50.6. The lowest BCUT2D eigenvalue weighted by molar-refractivity contribution is -0.182. The van der Waals surface area contributed by atoms with Crippen LogP contribution < -0.4 is 16.0 Å². The molecule has 8 aliphatic rings. The molecule has 2 bridgehead atoms. The van der Waals surface area contributed by atoms with Gasteiger partial charge in [-0.15, -0.1) is 11.6 Å². The Hall–Kier alpha value is -6.43. The monoisotopic (exact) mass is 1540 g/mol. The van der Waals surface area contributed by atoms with Crippen molar-refractivity contribution in [3.8, 4) is 0 Å². The first-order valence-electron chi connectivity index (χ1n) is 39.5. The highest BCUT2D eigenvalue weighted by atomic mass is 35.5. The molecule has 107 heavy (non-hydrogen) atoms. The maximum atomic E-state index is 15.8. The van der Waals surface area contributed by atoms with Crippen molar-refractivity contribution in [3.05, 3.63) is 0 Å². The number of halogens is 5. The van der Waals surface area contributed by atoms with Gasteiger partial charge in [0.25, 0.3) is 0 Å². The van der Waals surface area contributed by atoms with Crippen molar-refractivity contribution in [3.63, 3.8) is 0 Å². The van der Waals surface area contributed by atoms with Gasteiger partial charge in [-0.1, -0.05) is 59.8 Å². The third kappa shape index (κ3) is 21.4. The molecule has 0 aromatic rings. The highest BCUT2D eigenvalue weighted by Crippen LogP contribution is 2.44. The van der Waals surface area contributed by atoms with Crippen molar-refractivity contribution in [2.75, 3.05) is 101 Å². The topological polar surface area (TPSA) is 289 Å². The third-order valence-corrected chi connectivity index (χ3v) is 25.1. The molecule has 8 fully saturated rings. The van der Waals surface area contributed by atoms with Gasteiger partial charge >= 0.3 is 6.18 Å². The van der Waals surface area contributed by atoms with Crippen LogP contribution in [-0.4, -0.2) is 294 Å². The summed E-state index contributed by atoms with van der Waals surface area (Å²) < 4.78 is 68.9. The van der Waals surface area contributed by atoms with Gasteiger partial charge in [0, 0.05) is 86.9 Å². The van der Waals surface area contributed by atoms with Crippen LogP contribution in [0.4, 0.5) is 17.6 Å². The van der Waals surface area contributed by atoms with Gasteiger partial charge < -0.3 is 69.5 Å². The van der Waals surface area contributed by atoms with Gasteiger partial charge in [-0.2, -0.15) is 13.2 Å². The number of alkyl halides is 5. The number of ether oxygens (including phenoxy) is 2. The molecule has 604 valence electrons. The van der Waals surface area contributed by atoms with Crippen molar-refractivity contribution in [1.82, 2.24) is 60.0 Å². The quantitative estimate of drug-likeness (QED) is 0.145. The van der Waals surface area contributed by atoms with Crippen LogP contribution in [0, 0.1) is 35.5 Å². The summed E-state index contributed by atoms with van der Waals surface area (Å²) in [5, 5.41) is 7.54. The number of nitrogens with one attached hydrogen (secondary N) is 3. The highest BCUT2D eigenvalue weighted by Gasteiger charge is 2.55. The molecule has 31 heteroatoms. The van der Waals surface area contributed by atoms with E-state index in [-0.39, 0.29) is 141 Å². The molecule has 1 spiro atoms. The lowest BCUT2D eigenvalue weighted by Crippen LogP contribution is -2.68. The largest absolute Gasteiger partial charge is 0.393 e. The fourth-order valence-electron chi connectivity index (χ4n) is 17.6. The molecule has 4 saturated heterocycles. The number of morpholine rings is 1. The van der Waals surface area contributed by atoms with Crippen molar-refractivity contribution in [2.45, 2.75) is 273 Å². The second-order valence-electron chi connectivity index (χ2n) is 32.5. The molecule has 26 nitrogen and oxygen atoms in total. The zero-order chi connectivity index (χ0) is 78.5. The molecule has 4 saturated carbocycles. The van der Waals surface area contributed by atoms with Crippen LogP contribution in [0.5, 0.6) is 0 Å². The smallest absolute Gasteiger partial charge is 0.378 e. The van der Waals surface area contributed by atoms with Crippen LogP contribution in [0.15, 0.2) is 0 Å². The van der Waals surface area contributed by atoms with Gasteiger partial charge in [0.15, 0.2) is 0 Å². The zero-order valence-corrected chi connectivity index (χ0v) is 65.7. The van der Waals surface area contributed by atoms with Crippen LogP contribution in [0.3, 0.4) is 0 Å². The summed E-state index contributed by atoms with van der Waals surface area (Å²) in [5.74, 6) is -11.5. The van der Waals surface area contributed by atoms with Crippen molar-refractivity contribution in [2.24, 2.45) is 35.5 Å². The SMILES string of the molecule is CCO[C@@H]1C[C@H]2C(=O)NC3(CCC3)C(=O)N(C)[C@@H](C3CCCC3)C(=O)N(C)[C@H](C(=O)N3CCOCC3)CC(=O)N(C)[C@@H](CC(C)C)C(=O)N[C@@H]([C@@H](C)CC)C(=O)N(C)CC(=O)N(C)[C@H]3CCCCCN(C3=O)[C@@H](CC3CCC(F)CC3)C(=O)N(C)CC(=O)N[C@@H](CCC3CCC(C(F)(F)F)C(Cl)C3)C(=O)N2C1. The van der Waals surface area contributed by atoms with Gasteiger partial charge in [0.1, 0.15) is 60.0 Å². The first kappa shape index (κ1) is 86.2. The minimum Gasteiger partial charge on any atom is -0.378 e. The van der Waals surface area contributed by atoms with Crippen molar-refractivity contribution >= 4 is 82.5 Å². The summed E-state index contributed by atoms with van der Waals surface area (Å²) >= 11 is 6.45. The van der Waals surface area contributed by atoms with Crippen molar-refractivity contribution < 1.29 is 84.6 Å². The Kier molecular flexibility index (Phi) is 31.0. The number of nitrogens with zero attached hydrogens (tertiary/aromatic N) is 9. The van der Waals surface area contributed by atoms with E-state index in [9.17, 15) is 31.9 Å². The molecule has 0 aromatic heterocycles. The molecule has 3 N–H and O–H groups in total. The second kappa shape index (κ2) is 38.5. The summed E-state index contributed by atoms with van der Waals surface area (Å²) in [6.45, 7) is 8.59. The van der Waals surface area contributed by atoms with E-state index >= 15 is 43.2 Å². The van der Waals surface area contributed by atoms with Gasteiger partial charge in [-0.05, 0) is 152 Å². The number of hydrogen-bond donors (Lipinski definition) is 3. The van der Waals surface area contributed by atoms with Crippen LogP contribution >= 0.6 is 11.6 Å². The fourth-order valence-corrected chi connectivity index (χ4v) is 18.1. The molecular weight excluding hydrogens is 1420 g/mol. The Morgan fingerprint density at radius 1 is 0.636 bits per heavy atom. The molecule has 4 aliphatic heterocycles. The highest BCUT2D eigenvalue weighted by molar-refractivity contribution is 6.21. The van der Waals surface area contributed by atoms with E-state index in [0.717, 1.165) is 17.7 Å². The molecule has 3 unspecified atom stereocenters. The zero-order valence-electron chi connectivity index (χ0n) is 65.0. The summed E-state index contributed by atoms with van der Waals surface area (Å²) in [6.07, 6.45) is -0.334. The Bertz CT molecular complexity index is 3130. The number of hydrogen-bond acceptors (Lipinski definition) is 14. The minimum absolute atomic E-state index is 0.0405. The Balaban J connectivity index is 1.20. The number of rotatable bonds is 13. The summed E-state index contributed by atoms with van der Waals surface area (Å²) in [7, 11) is 8.56. The molecule has 4 aliphatic carbocycles. The van der Waals surface area contributed by atoms with E-state index in [2.05, 4.69) is 16.0 Å². The number of carbonyl (C=O) groups is 12. The summed E-state index contributed by atoms with van der Waals surface area (Å²) in [4.78, 5) is 194. The van der Waals surface area contributed by atoms with E-state index in [1.807, 2.05) is 20.8 Å². The van der Waals surface area contributed by atoms with E-state index in [4.69, 9.17) is 21.1 Å². The molecule has 8 rings (SSSR count). The van der Waals surface area contributed by atoms with Crippen LogP contribution in [0.1, 0.15) is 195 Å². The maximum Gasteiger partial charge on any atom is 0.393 e. The normalized spacial score (nSPS) is 32.0. The minimum atomic E-state index is -4.54. The number of likely N-dealkylation sites (N-methyl/N-ethyl adjacent to an activating group) is 6. The van der Waals surface area contributed by atoms with Crippen LogP contribution in [-0.2, 0) is 67.0 Å². The average molecular weight is 1540 g/mol.